The third-order valence-corrected chi connectivity index (χ3v) is 3.58. The van der Waals surface area contributed by atoms with Gasteiger partial charge < -0.3 is 10.1 Å². The van der Waals surface area contributed by atoms with Gasteiger partial charge >= 0.3 is 12.1 Å². The van der Waals surface area contributed by atoms with E-state index in [-0.39, 0.29) is 12.2 Å². The molecule has 0 spiro atoms. The molecule has 0 aliphatic carbocycles. The van der Waals surface area contributed by atoms with Gasteiger partial charge in [0.2, 0.25) is 5.91 Å². The number of halogens is 3. The van der Waals surface area contributed by atoms with Crippen LogP contribution in [0.5, 0.6) is 0 Å². The number of hydrogen-bond donors (Lipinski definition) is 1. The van der Waals surface area contributed by atoms with Crippen molar-refractivity contribution in [2.45, 2.75) is 19.0 Å². The van der Waals surface area contributed by atoms with Crippen molar-refractivity contribution in [3.05, 3.63) is 51.7 Å². The normalized spacial score (nSPS) is 20.5. The molecule has 0 saturated heterocycles. The minimum Gasteiger partial charge on any atom is -0.465 e. The fraction of sp³-hybridized carbons (Fsp3) is 0.333. The van der Waals surface area contributed by atoms with Crippen LogP contribution in [-0.2, 0) is 14.3 Å². The largest absolute Gasteiger partial charge is 0.465 e. The van der Waals surface area contributed by atoms with Gasteiger partial charge in [-0.1, -0.05) is 18.2 Å². The third-order valence-electron chi connectivity index (χ3n) is 3.58. The van der Waals surface area contributed by atoms with Crippen molar-refractivity contribution in [2.75, 3.05) is 6.61 Å². The number of amides is 1. The van der Waals surface area contributed by atoms with Gasteiger partial charge in [-0.2, -0.15) is 13.2 Å². The number of allylic oxidation sites excluding steroid dienone is 2. The molecule has 7 nitrogen and oxygen atoms in total. The Hall–Kier alpha value is -2.91. The molecule has 0 aromatic heterocycles. The van der Waals surface area contributed by atoms with Gasteiger partial charge in [0.1, 0.15) is 11.6 Å². The van der Waals surface area contributed by atoms with Gasteiger partial charge in [-0.3, -0.25) is 19.7 Å². The second-order valence-corrected chi connectivity index (χ2v) is 5.14. The van der Waals surface area contributed by atoms with Crippen LogP contribution >= 0.6 is 0 Å². The van der Waals surface area contributed by atoms with Crippen LogP contribution in [0.2, 0.25) is 0 Å². The van der Waals surface area contributed by atoms with Crippen molar-refractivity contribution >= 4 is 17.6 Å². The van der Waals surface area contributed by atoms with E-state index in [1.165, 1.54) is 25.1 Å². The van der Waals surface area contributed by atoms with Crippen LogP contribution in [0.3, 0.4) is 0 Å². The van der Waals surface area contributed by atoms with Crippen molar-refractivity contribution < 1.29 is 32.4 Å². The molecule has 0 unspecified atom stereocenters. The highest BCUT2D eigenvalue weighted by Gasteiger charge is 2.47. The summed E-state index contributed by atoms with van der Waals surface area (Å²) >= 11 is 0. The SMILES string of the molecule is CCOC(=O)[C@@H]1C(=O)NC(C(F)(F)F)=C[C@H]1c1ccccc1[N+](=O)[O-]. The number of esters is 1. The number of nitro groups is 1. The lowest BCUT2D eigenvalue weighted by atomic mass is 9.81. The standard InChI is InChI=1S/C15H13F3N2O5/c1-2-25-14(22)12-9(7-11(15(16,17)18)19-13(12)21)8-5-3-4-6-10(8)20(23)24/h3-7,9,12H,2H2,1H3,(H,19,21)/t9-,12-/m0/s1. The Labute approximate surface area is 139 Å². The van der Waals surface area contributed by atoms with Crippen LogP contribution in [-0.4, -0.2) is 29.6 Å². The molecule has 0 fully saturated rings. The zero-order chi connectivity index (χ0) is 18.8. The molecule has 10 heteroatoms. The number of carbonyl (C=O) groups excluding carboxylic acids is 2. The summed E-state index contributed by atoms with van der Waals surface area (Å²) in [4.78, 5) is 34.6. The second-order valence-electron chi connectivity index (χ2n) is 5.14. The quantitative estimate of drug-likeness (QED) is 0.386. The summed E-state index contributed by atoms with van der Waals surface area (Å²) in [5, 5.41) is 12.8. The molecule has 25 heavy (non-hydrogen) atoms. The number of nitrogens with one attached hydrogen (secondary N) is 1. The highest BCUT2D eigenvalue weighted by Crippen LogP contribution is 2.39. The Morgan fingerprint density at radius 2 is 2.00 bits per heavy atom. The molecule has 1 aliphatic heterocycles. The van der Waals surface area contributed by atoms with Crippen molar-refractivity contribution in [3.63, 3.8) is 0 Å². The van der Waals surface area contributed by atoms with Gasteiger partial charge in [-0.25, -0.2) is 0 Å². The van der Waals surface area contributed by atoms with E-state index in [2.05, 4.69) is 0 Å². The summed E-state index contributed by atoms with van der Waals surface area (Å²) < 4.78 is 43.8. The molecule has 0 bridgehead atoms. The fourth-order valence-corrected chi connectivity index (χ4v) is 2.55. The van der Waals surface area contributed by atoms with E-state index < -0.39 is 46.2 Å². The summed E-state index contributed by atoms with van der Waals surface area (Å²) in [6.45, 7) is 1.37. The van der Waals surface area contributed by atoms with Gasteiger partial charge in [0.25, 0.3) is 5.69 Å². The van der Waals surface area contributed by atoms with Gasteiger partial charge in [0.15, 0.2) is 0 Å². The monoisotopic (exact) mass is 358 g/mol. The highest BCUT2D eigenvalue weighted by molar-refractivity contribution is 6.01. The van der Waals surface area contributed by atoms with Crippen LogP contribution in [0, 0.1) is 16.0 Å². The van der Waals surface area contributed by atoms with Crippen molar-refractivity contribution in [1.82, 2.24) is 5.32 Å². The summed E-state index contributed by atoms with van der Waals surface area (Å²) in [6, 6.07) is 5.00. The lowest BCUT2D eigenvalue weighted by Gasteiger charge is -2.29. The molecule has 0 saturated carbocycles. The summed E-state index contributed by atoms with van der Waals surface area (Å²) in [5.41, 5.74) is -2.04. The first-order valence-corrected chi connectivity index (χ1v) is 7.16. The number of hydrogen-bond acceptors (Lipinski definition) is 5. The van der Waals surface area contributed by atoms with Crippen LogP contribution < -0.4 is 5.32 Å². The molecular weight excluding hydrogens is 345 g/mol. The molecule has 1 amide bonds. The third kappa shape index (κ3) is 3.78. The number of alkyl halides is 3. The Bertz CT molecular complexity index is 745. The maximum absolute atomic E-state index is 13.0. The lowest BCUT2D eigenvalue weighted by molar-refractivity contribution is -0.385. The van der Waals surface area contributed by atoms with E-state index in [0.717, 1.165) is 6.07 Å². The first kappa shape index (κ1) is 18.4. The van der Waals surface area contributed by atoms with E-state index in [1.807, 2.05) is 0 Å². The van der Waals surface area contributed by atoms with E-state index in [1.54, 1.807) is 5.32 Å². The van der Waals surface area contributed by atoms with E-state index in [0.29, 0.717) is 6.08 Å². The van der Waals surface area contributed by atoms with Crippen LogP contribution in [0.15, 0.2) is 36.0 Å². The van der Waals surface area contributed by atoms with Crippen molar-refractivity contribution in [1.29, 1.82) is 0 Å². The first-order valence-electron chi connectivity index (χ1n) is 7.16. The lowest BCUT2D eigenvalue weighted by Crippen LogP contribution is -2.46. The van der Waals surface area contributed by atoms with Crippen LogP contribution in [0.4, 0.5) is 18.9 Å². The molecule has 2 rings (SSSR count). The predicted octanol–water partition coefficient (Wildman–Crippen LogP) is 2.43. The average Bonchev–Trinajstić information content (AvgIpc) is 2.53. The second kappa shape index (κ2) is 6.91. The van der Waals surface area contributed by atoms with Crippen LogP contribution in [0.1, 0.15) is 18.4 Å². The molecule has 1 heterocycles. The van der Waals surface area contributed by atoms with Crippen molar-refractivity contribution in [2.24, 2.45) is 5.92 Å². The van der Waals surface area contributed by atoms with E-state index in [9.17, 15) is 32.9 Å². The number of carbonyl (C=O) groups is 2. The summed E-state index contributed by atoms with van der Waals surface area (Å²) in [5.74, 6) is -5.42. The van der Waals surface area contributed by atoms with Crippen LogP contribution in [0.25, 0.3) is 0 Å². The molecule has 2 atom stereocenters. The Kier molecular flexibility index (Phi) is 5.10. The maximum Gasteiger partial charge on any atom is 0.431 e. The Morgan fingerprint density at radius 3 is 2.56 bits per heavy atom. The molecule has 134 valence electrons. The number of para-hydroxylation sites is 1. The predicted molar refractivity (Wildman–Crippen MR) is 78.2 cm³/mol. The van der Waals surface area contributed by atoms with Gasteiger partial charge in [-0.15, -0.1) is 0 Å². The zero-order valence-corrected chi connectivity index (χ0v) is 12.9. The number of benzene rings is 1. The average molecular weight is 358 g/mol. The molecule has 1 N–H and O–H groups in total. The van der Waals surface area contributed by atoms with E-state index in [4.69, 9.17) is 4.74 Å². The van der Waals surface area contributed by atoms with Crippen molar-refractivity contribution in [3.8, 4) is 0 Å². The number of nitro benzene ring substituents is 1. The fourth-order valence-electron chi connectivity index (χ4n) is 2.55. The highest BCUT2D eigenvalue weighted by atomic mass is 19.4. The summed E-state index contributed by atoms with van der Waals surface area (Å²) in [7, 11) is 0. The molecule has 1 aromatic carbocycles. The topological polar surface area (TPSA) is 98.5 Å². The minimum absolute atomic E-state index is 0.0952. The number of ether oxygens (including phenoxy) is 1. The van der Waals surface area contributed by atoms with E-state index >= 15 is 0 Å². The molecule has 0 radical (unpaired) electrons. The molecule has 1 aliphatic rings. The molecule has 1 aromatic rings. The minimum atomic E-state index is -4.88. The van der Waals surface area contributed by atoms with Gasteiger partial charge in [0, 0.05) is 17.5 Å². The molecular formula is C15H13F3N2O5. The van der Waals surface area contributed by atoms with Gasteiger partial charge in [-0.05, 0) is 13.0 Å². The number of nitrogens with zero attached hydrogens (tertiary/aromatic N) is 1. The Balaban J connectivity index is 2.63. The zero-order valence-electron chi connectivity index (χ0n) is 12.9. The summed E-state index contributed by atoms with van der Waals surface area (Å²) in [6.07, 6.45) is -4.28. The smallest absolute Gasteiger partial charge is 0.431 e. The first-order chi connectivity index (χ1) is 11.7. The maximum atomic E-state index is 13.0. The van der Waals surface area contributed by atoms with Gasteiger partial charge in [0.05, 0.1) is 11.5 Å². The Morgan fingerprint density at radius 1 is 1.36 bits per heavy atom. The number of rotatable bonds is 4.